The quantitative estimate of drug-likeness (QED) is 0.823. The number of aryl methyl sites for hydroxylation is 1. The van der Waals surface area contributed by atoms with Crippen LogP contribution >= 0.6 is 0 Å². The summed E-state index contributed by atoms with van der Waals surface area (Å²) >= 11 is 0. The van der Waals surface area contributed by atoms with Crippen molar-refractivity contribution in [2.24, 2.45) is 0 Å². The molecule has 0 unspecified atom stereocenters. The van der Waals surface area contributed by atoms with Gasteiger partial charge in [-0.3, -0.25) is 4.79 Å². The van der Waals surface area contributed by atoms with E-state index in [0.29, 0.717) is 18.7 Å². The van der Waals surface area contributed by atoms with Gasteiger partial charge in [0.2, 0.25) is 0 Å². The van der Waals surface area contributed by atoms with Crippen LogP contribution in [-0.2, 0) is 9.84 Å². The van der Waals surface area contributed by atoms with Gasteiger partial charge in [0.05, 0.1) is 11.4 Å². The van der Waals surface area contributed by atoms with Crippen LogP contribution < -0.4 is 10.1 Å². The fourth-order valence-corrected chi connectivity index (χ4v) is 2.62. The second kappa shape index (κ2) is 7.28. The number of carbonyl (C=O) groups excluding carboxylic acids is 1. The molecule has 122 valence electrons. The van der Waals surface area contributed by atoms with Gasteiger partial charge in [-0.1, -0.05) is 12.1 Å². The third-order valence-electron chi connectivity index (χ3n) is 3.19. The fourth-order valence-electron chi connectivity index (χ4n) is 1.99. The molecular weight excluding hydrogens is 314 g/mol. The van der Waals surface area contributed by atoms with Gasteiger partial charge in [-0.25, -0.2) is 8.42 Å². The number of benzene rings is 2. The molecule has 0 aliphatic heterocycles. The smallest absolute Gasteiger partial charge is 0.251 e. The summed E-state index contributed by atoms with van der Waals surface area (Å²) in [6.45, 7) is 2.70. The van der Waals surface area contributed by atoms with Crippen molar-refractivity contribution in [1.29, 1.82) is 0 Å². The molecule has 0 aliphatic carbocycles. The van der Waals surface area contributed by atoms with Crippen molar-refractivity contribution in [2.45, 2.75) is 11.8 Å². The first-order chi connectivity index (χ1) is 10.9. The van der Waals surface area contributed by atoms with E-state index < -0.39 is 9.84 Å². The molecule has 0 saturated carbocycles. The van der Waals surface area contributed by atoms with Crippen molar-refractivity contribution in [3.63, 3.8) is 0 Å². The first-order valence-corrected chi connectivity index (χ1v) is 9.03. The van der Waals surface area contributed by atoms with Crippen LogP contribution in [0.5, 0.6) is 5.75 Å². The minimum Gasteiger partial charge on any atom is -0.492 e. The Balaban J connectivity index is 1.83. The molecular formula is C17H19NO4S. The van der Waals surface area contributed by atoms with Crippen molar-refractivity contribution >= 4 is 15.7 Å². The lowest BCUT2D eigenvalue weighted by Crippen LogP contribution is -2.28. The maximum absolute atomic E-state index is 12.0. The lowest BCUT2D eigenvalue weighted by Gasteiger charge is -2.08. The predicted octanol–water partition coefficient (Wildman–Crippen LogP) is 2.21. The normalized spacial score (nSPS) is 11.0. The van der Waals surface area contributed by atoms with Gasteiger partial charge in [0.15, 0.2) is 9.84 Å². The molecule has 0 spiro atoms. The molecule has 0 bridgehead atoms. The Labute approximate surface area is 136 Å². The van der Waals surface area contributed by atoms with Crippen molar-refractivity contribution in [1.82, 2.24) is 5.32 Å². The largest absolute Gasteiger partial charge is 0.492 e. The van der Waals surface area contributed by atoms with Crippen molar-refractivity contribution in [2.75, 3.05) is 19.4 Å². The van der Waals surface area contributed by atoms with Gasteiger partial charge < -0.3 is 10.1 Å². The molecule has 2 aromatic carbocycles. The molecule has 5 nitrogen and oxygen atoms in total. The van der Waals surface area contributed by atoms with Gasteiger partial charge in [-0.15, -0.1) is 0 Å². The van der Waals surface area contributed by atoms with E-state index in [1.54, 1.807) is 0 Å². The summed E-state index contributed by atoms with van der Waals surface area (Å²) < 4.78 is 28.3. The van der Waals surface area contributed by atoms with Gasteiger partial charge in [0.1, 0.15) is 12.4 Å². The molecule has 23 heavy (non-hydrogen) atoms. The molecule has 6 heteroatoms. The number of amides is 1. The molecule has 1 N–H and O–H groups in total. The number of nitrogens with one attached hydrogen (secondary N) is 1. The van der Waals surface area contributed by atoms with Crippen LogP contribution in [0.3, 0.4) is 0 Å². The number of hydrogen-bond acceptors (Lipinski definition) is 4. The van der Waals surface area contributed by atoms with Gasteiger partial charge in [0.25, 0.3) is 5.91 Å². The van der Waals surface area contributed by atoms with E-state index in [1.807, 2.05) is 31.2 Å². The zero-order valence-corrected chi connectivity index (χ0v) is 13.9. The van der Waals surface area contributed by atoms with Crippen LogP contribution in [0.1, 0.15) is 15.9 Å². The number of ether oxygens (including phenoxy) is 1. The van der Waals surface area contributed by atoms with Crippen molar-refractivity contribution < 1.29 is 17.9 Å². The average molecular weight is 333 g/mol. The molecule has 2 rings (SSSR count). The third-order valence-corrected chi connectivity index (χ3v) is 4.32. The summed E-state index contributed by atoms with van der Waals surface area (Å²) in [5.41, 5.74) is 1.52. The van der Waals surface area contributed by atoms with E-state index in [-0.39, 0.29) is 10.8 Å². The number of rotatable bonds is 6. The molecule has 0 atom stereocenters. The zero-order valence-electron chi connectivity index (χ0n) is 13.1. The lowest BCUT2D eigenvalue weighted by atomic mass is 10.2. The molecule has 0 radical (unpaired) electrons. The van der Waals surface area contributed by atoms with Crippen LogP contribution in [0.4, 0.5) is 0 Å². The predicted molar refractivity (Wildman–Crippen MR) is 88.6 cm³/mol. The highest BCUT2D eigenvalue weighted by Gasteiger charge is 2.09. The Morgan fingerprint density at radius 3 is 2.43 bits per heavy atom. The van der Waals surface area contributed by atoms with E-state index in [0.717, 1.165) is 17.6 Å². The maximum Gasteiger partial charge on any atom is 0.251 e. The standard InChI is InChI=1S/C17H19NO4S/c1-13-4-3-5-15(12-13)22-11-10-18-17(19)14-6-8-16(9-7-14)23(2,20)21/h3-9,12H,10-11H2,1-2H3,(H,18,19). The zero-order chi connectivity index (χ0) is 16.9. The van der Waals surface area contributed by atoms with E-state index in [2.05, 4.69) is 5.32 Å². The molecule has 2 aromatic rings. The Morgan fingerprint density at radius 1 is 1.13 bits per heavy atom. The van der Waals surface area contributed by atoms with Crippen LogP contribution in [-0.4, -0.2) is 33.7 Å². The lowest BCUT2D eigenvalue weighted by molar-refractivity contribution is 0.0947. The highest BCUT2D eigenvalue weighted by molar-refractivity contribution is 7.90. The van der Waals surface area contributed by atoms with Crippen molar-refractivity contribution in [3.8, 4) is 5.75 Å². The molecule has 1 amide bonds. The summed E-state index contributed by atoms with van der Waals surface area (Å²) in [6.07, 6.45) is 1.13. The second-order valence-electron chi connectivity index (χ2n) is 5.22. The Morgan fingerprint density at radius 2 is 1.83 bits per heavy atom. The molecule has 0 fully saturated rings. The Bertz CT molecular complexity index is 782. The number of hydrogen-bond donors (Lipinski definition) is 1. The first-order valence-electron chi connectivity index (χ1n) is 7.14. The minimum atomic E-state index is -3.25. The minimum absolute atomic E-state index is 0.192. The van der Waals surface area contributed by atoms with E-state index in [9.17, 15) is 13.2 Å². The Hall–Kier alpha value is -2.34. The van der Waals surface area contributed by atoms with Crippen LogP contribution in [0, 0.1) is 6.92 Å². The third kappa shape index (κ3) is 5.10. The maximum atomic E-state index is 12.0. The van der Waals surface area contributed by atoms with Gasteiger partial charge in [0, 0.05) is 11.8 Å². The van der Waals surface area contributed by atoms with Gasteiger partial charge in [-0.2, -0.15) is 0 Å². The summed E-state index contributed by atoms with van der Waals surface area (Å²) in [6, 6.07) is 13.5. The SMILES string of the molecule is Cc1cccc(OCCNC(=O)c2ccc(S(C)(=O)=O)cc2)c1. The topological polar surface area (TPSA) is 72.5 Å². The Kier molecular flexibility index (Phi) is 5.39. The fraction of sp³-hybridized carbons (Fsp3) is 0.235. The number of carbonyl (C=O) groups is 1. The van der Waals surface area contributed by atoms with Gasteiger partial charge >= 0.3 is 0 Å². The highest BCUT2D eigenvalue weighted by atomic mass is 32.2. The summed E-state index contributed by atoms with van der Waals surface area (Å²) in [5, 5.41) is 2.73. The molecule has 0 heterocycles. The van der Waals surface area contributed by atoms with Crippen LogP contribution in [0.15, 0.2) is 53.4 Å². The average Bonchev–Trinajstić information content (AvgIpc) is 2.51. The molecule has 0 aliphatic rings. The van der Waals surface area contributed by atoms with Gasteiger partial charge in [-0.05, 0) is 48.9 Å². The van der Waals surface area contributed by atoms with Crippen LogP contribution in [0.2, 0.25) is 0 Å². The first kappa shape index (κ1) is 17.0. The monoisotopic (exact) mass is 333 g/mol. The van der Waals surface area contributed by atoms with E-state index >= 15 is 0 Å². The summed E-state index contributed by atoms with van der Waals surface area (Å²) in [7, 11) is -3.25. The van der Waals surface area contributed by atoms with Crippen molar-refractivity contribution in [3.05, 3.63) is 59.7 Å². The second-order valence-corrected chi connectivity index (χ2v) is 7.23. The van der Waals surface area contributed by atoms with E-state index in [1.165, 1.54) is 24.3 Å². The summed E-state index contributed by atoms with van der Waals surface area (Å²) in [4.78, 5) is 12.1. The number of sulfone groups is 1. The van der Waals surface area contributed by atoms with E-state index in [4.69, 9.17) is 4.74 Å². The summed E-state index contributed by atoms with van der Waals surface area (Å²) in [5.74, 6) is 0.495. The highest BCUT2D eigenvalue weighted by Crippen LogP contribution is 2.12. The van der Waals surface area contributed by atoms with Crippen LogP contribution in [0.25, 0.3) is 0 Å². The molecule has 0 aromatic heterocycles. The molecule has 0 saturated heterocycles.